The van der Waals surface area contributed by atoms with E-state index < -0.39 is 0 Å². The van der Waals surface area contributed by atoms with E-state index in [2.05, 4.69) is 10.5 Å². The number of aliphatic hydroxyl groups is 1. The Hall–Kier alpha value is -2.09. The molecule has 2 aliphatic rings. The van der Waals surface area contributed by atoms with Crippen molar-refractivity contribution in [3.8, 4) is 0 Å². The zero-order valence-corrected chi connectivity index (χ0v) is 14.0. The van der Waals surface area contributed by atoms with E-state index in [1.54, 1.807) is 6.92 Å². The molecule has 0 aromatic carbocycles. The predicted octanol–water partition coefficient (Wildman–Crippen LogP) is 0.885. The molecular formula is C16H24N4O4. The average Bonchev–Trinajstić information content (AvgIpc) is 3.24. The number of aryl methyl sites for hydroxylation is 1. The summed E-state index contributed by atoms with van der Waals surface area (Å²) in [6.07, 6.45) is 3.61. The lowest BCUT2D eigenvalue weighted by atomic mass is 10.0. The van der Waals surface area contributed by atoms with Gasteiger partial charge in [-0.25, -0.2) is 4.79 Å². The number of rotatable bonds is 3. The lowest BCUT2D eigenvalue weighted by molar-refractivity contribution is 0.0901. The van der Waals surface area contributed by atoms with E-state index in [4.69, 9.17) is 4.52 Å². The quantitative estimate of drug-likeness (QED) is 0.854. The van der Waals surface area contributed by atoms with E-state index in [9.17, 15) is 14.7 Å². The van der Waals surface area contributed by atoms with E-state index >= 15 is 0 Å². The minimum Gasteiger partial charge on any atom is -0.391 e. The van der Waals surface area contributed by atoms with Gasteiger partial charge in [-0.1, -0.05) is 5.16 Å². The van der Waals surface area contributed by atoms with E-state index in [0.29, 0.717) is 24.4 Å². The van der Waals surface area contributed by atoms with E-state index in [-0.39, 0.29) is 30.3 Å². The Kier molecular flexibility index (Phi) is 5.03. The first-order valence-electron chi connectivity index (χ1n) is 8.51. The Morgan fingerprint density at radius 1 is 1.21 bits per heavy atom. The summed E-state index contributed by atoms with van der Waals surface area (Å²) in [4.78, 5) is 28.4. The van der Waals surface area contributed by atoms with Crippen LogP contribution in [0.2, 0.25) is 0 Å². The Bertz CT molecular complexity index is 601. The fourth-order valence-electron chi connectivity index (χ4n) is 3.33. The summed E-state index contributed by atoms with van der Waals surface area (Å²) < 4.78 is 4.97. The van der Waals surface area contributed by atoms with Crippen LogP contribution in [0.25, 0.3) is 0 Å². The maximum absolute atomic E-state index is 12.4. The van der Waals surface area contributed by atoms with Crippen molar-refractivity contribution in [2.45, 2.75) is 45.3 Å². The van der Waals surface area contributed by atoms with Gasteiger partial charge >= 0.3 is 6.03 Å². The van der Waals surface area contributed by atoms with Crippen molar-refractivity contribution in [1.82, 2.24) is 20.3 Å². The van der Waals surface area contributed by atoms with Crippen LogP contribution in [0.15, 0.2) is 4.52 Å². The number of amides is 3. The first kappa shape index (κ1) is 16.8. The number of aromatic nitrogens is 1. The zero-order chi connectivity index (χ0) is 17.1. The Morgan fingerprint density at radius 3 is 2.46 bits per heavy atom. The molecule has 0 atom stereocenters. The molecule has 0 saturated carbocycles. The largest absolute Gasteiger partial charge is 0.391 e. The lowest BCUT2D eigenvalue weighted by Gasteiger charge is -2.34. The number of likely N-dealkylation sites (tertiary alicyclic amines) is 2. The highest BCUT2D eigenvalue weighted by atomic mass is 16.5. The molecule has 2 aliphatic heterocycles. The molecule has 132 valence electrons. The number of hydrogen-bond donors (Lipinski definition) is 2. The number of nitrogens with zero attached hydrogens (tertiary/aromatic N) is 3. The molecule has 3 amide bonds. The van der Waals surface area contributed by atoms with Gasteiger partial charge in [-0.05, 0) is 32.6 Å². The highest BCUT2D eigenvalue weighted by molar-refractivity contribution is 5.94. The molecule has 2 saturated heterocycles. The monoisotopic (exact) mass is 336 g/mol. The van der Waals surface area contributed by atoms with Crippen LogP contribution in [-0.4, -0.2) is 64.2 Å². The first-order chi connectivity index (χ1) is 11.6. The zero-order valence-electron chi connectivity index (χ0n) is 14.0. The Morgan fingerprint density at radius 2 is 1.83 bits per heavy atom. The molecule has 3 rings (SSSR count). The van der Waals surface area contributed by atoms with Crippen LogP contribution >= 0.6 is 0 Å². The standard InChI is InChI=1S/C16H24N4O4/c1-11-13(10-21)14(18-24-11)15(22)17-12-4-8-20(9-5-12)16(23)19-6-2-3-7-19/h12,21H,2-10H2,1H3,(H,17,22). The maximum Gasteiger partial charge on any atom is 0.319 e. The Balaban J connectivity index is 1.51. The summed E-state index contributed by atoms with van der Waals surface area (Å²) in [7, 11) is 0. The van der Waals surface area contributed by atoms with Gasteiger partial charge in [-0.15, -0.1) is 0 Å². The van der Waals surface area contributed by atoms with Gasteiger partial charge in [0.05, 0.1) is 12.2 Å². The van der Waals surface area contributed by atoms with Crippen molar-refractivity contribution in [2.24, 2.45) is 0 Å². The number of piperidine rings is 1. The van der Waals surface area contributed by atoms with Gasteiger partial charge < -0.3 is 24.7 Å². The smallest absolute Gasteiger partial charge is 0.319 e. The first-order valence-corrected chi connectivity index (χ1v) is 8.51. The highest BCUT2D eigenvalue weighted by Crippen LogP contribution is 2.17. The van der Waals surface area contributed by atoms with E-state index in [1.165, 1.54) is 0 Å². The molecule has 24 heavy (non-hydrogen) atoms. The molecule has 2 N–H and O–H groups in total. The number of nitrogens with one attached hydrogen (secondary N) is 1. The van der Waals surface area contributed by atoms with Crippen molar-refractivity contribution in [1.29, 1.82) is 0 Å². The van der Waals surface area contributed by atoms with Gasteiger partial charge in [-0.2, -0.15) is 0 Å². The van der Waals surface area contributed by atoms with Gasteiger partial charge in [0.1, 0.15) is 5.76 Å². The van der Waals surface area contributed by atoms with Crippen LogP contribution in [0.5, 0.6) is 0 Å². The predicted molar refractivity (Wildman–Crippen MR) is 85.4 cm³/mol. The van der Waals surface area contributed by atoms with Crippen molar-refractivity contribution >= 4 is 11.9 Å². The number of carbonyl (C=O) groups is 2. The van der Waals surface area contributed by atoms with Crippen LogP contribution in [-0.2, 0) is 6.61 Å². The normalized spacial score (nSPS) is 18.9. The molecule has 0 bridgehead atoms. The molecule has 0 radical (unpaired) electrons. The molecule has 1 aromatic rings. The van der Waals surface area contributed by atoms with Crippen LogP contribution in [0, 0.1) is 6.92 Å². The molecule has 3 heterocycles. The molecule has 2 fully saturated rings. The van der Waals surface area contributed by atoms with Crippen LogP contribution in [0.3, 0.4) is 0 Å². The van der Waals surface area contributed by atoms with Crippen molar-refractivity contribution in [2.75, 3.05) is 26.2 Å². The second-order valence-electron chi connectivity index (χ2n) is 6.44. The number of hydrogen-bond acceptors (Lipinski definition) is 5. The maximum atomic E-state index is 12.4. The van der Waals surface area contributed by atoms with Crippen molar-refractivity contribution in [3.05, 3.63) is 17.0 Å². The topological polar surface area (TPSA) is 98.9 Å². The van der Waals surface area contributed by atoms with Crippen LogP contribution in [0.4, 0.5) is 4.79 Å². The van der Waals surface area contributed by atoms with Crippen molar-refractivity contribution in [3.63, 3.8) is 0 Å². The second kappa shape index (κ2) is 7.21. The fourth-order valence-corrected chi connectivity index (χ4v) is 3.33. The summed E-state index contributed by atoms with van der Waals surface area (Å²) in [5.74, 6) is 0.119. The number of aliphatic hydroxyl groups excluding tert-OH is 1. The van der Waals surface area contributed by atoms with Gasteiger partial charge in [0.15, 0.2) is 5.69 Å². The van der Waals surface area contributed by atoms with Gasteiger partial charge in [-0.3, -0.25) is 4.79 Å². The van der Waals surface area contributed by atoms with Gasteiger partial charge in [0, 0.05) is 32.2 Å². The molecule has 8 heteroatoms. The van der Waals surface area contributed by atoms with Crippen LogP contribution in [0.1, 0.15) is 47.5 Å². The summed E-state index contributed by atoms with van der Waals surface area (Å²) in [6.45, 7) is 4.38. The molecular weight excluding hydrogens is 312 g/mol. The fraction of sp³-hybridized carbons (Fsp3) is 0.688. The minimum absolute atomic E-state index is 0.00340. The van der Waals surface area contributed by atoms with Crippen LogP contribution < -0.4 is 5.32 Å². The van der Waals surface area contributed by atoms with Crippen molar-refractivity contribution < 1.29 is 19.2 Å². The molecule has 1 aromatic heterocycles. The van der Waals surface area contributed by atoms with E-state index in [1.807, 2.05) is 9.80 Å². The molecule has 0 unspecified atom stereocenters. The summed E-state index contributed by atoms with van der Waals surface area (Å²) in [6, 6.07) is 0.121. The summed E-state index contributed by atoms with van der Waals surface area (Å²) in [5, 5.41) is 16.0. The van der Waals surface area contributed by atoms with E-state index in [0.717, 1.165) is 38.8 Å². The highest BCUT2D eigenvalue weighted by Gasteiger charge is 2.29. The summed E-state index contributed by atoms with van der Waals surface area (Å²) >= 11 is 0. The third kappa shape index (κ3) is 3.38. The number of urea groups is 1. The number of carbonyl (C=O) groups excluding carboxylic acids is 2. The third-order valence-corrected chi connectivity index (χ3v) is 4.84. The lowest BCUT2D eigenvalue weighted by Crippen LogP contribution is -2.50. The Labute approximate surface area is 140 Å². The van der Waals surface area contributed by atoms with Gasteiger partial charge in [0.25, 0.3) is 5.91 Å². The molecule has 8 nitrogen and oxygen atoms in total. The second-order valence-corrected chi connectivity index (χ2v) is 6.44. The third-order valence-electron chi connectivity index (χ3n) is 4.84. The molecule has 0 spiro atoms. The summed E-state index contributed by atoms with van der Waals surface area (Å²) in [5.41, 5.74) is 0.569. The SMILES string of the molecule is Cc1onc(C(=O)NC2CCN(C(=O)N3CCCC3)CC2)c1CO. The minimum atomic E-state index is -0.333. The average molecular weight is 336 g/mol. The van der Waals surface area contributed by atoms with Gasteiger partial charge in [0.2, 0.25) is 0 Å². The molecule has 0 aliphatic carbocycles.